The molecule has 0 aromatic rings. The second-order valence-corrected chi connectivity index (χ2v) is 5.95. The van der Waals surface area contributed by atoms with Gasteiger partial charge in [0.2, 0.25) is 5.91 Å². The van der Waals surface area contributed by atoms with Crippen molar-refractivity contribution in [3.05, 3.63) is 0 Å². The summed E-state index contributed by atoms with van der Waals surface area (Å²) in [6, 6.07) is 0. The number of hydrogen-bond donors (Lipinski definition) is 1. The van der Waals surface area contributed by atoms with Crippen LogP contribution in [0.1, 0.15) is 51.9 Å². The first kappa shape index (κ1) is 9.68. The van der Waals surface area contributed by atoms with Crippen molar-refractivity contribution in [2.24, 2.45) is 17.8 Å². The average Bonchev–Trinajstić information content (AvgIpc) is 2.84. The monoisotopic (exact) mass is 207 g/mol. The van der Waals surface area contributed by atoms with E-state index in [-0.39, 0.29) is 5.54 Å². The lowest BCUT2D eigenvalue weighted by Crippen LogP contribution is -2.48. The molecular formula is C13H21NO. The van der Waals surface area contributed by atoms with Gasteiger partial charge in [-0.2, -0.15) is 0 Å². The highest BCUT2D eigenvalue weighted by molar-refractivity contribution is 5.80. The highest BCUT2D eigenvalue weighted by Gasteiger charge is 2.54. The van der Waals surface area contributed by atoms with Crippen LogP contribution in [0, 0.1) is 17.8 Å². The van der Waals surface area contributed by atoms with Crippen LogP contribution in [0.25, 0.3) is 0 Å². The van der Waals surface area contributed by atoms with Gasteiger partial charge in [0.05, 0.1) is 0 Å². The standard InChI is InChI=1S/C13H21NO/c1-9-7-10(9)11-8-12(15)14-13(11)5-3-2-4-6-13/h9-11H,2-8H2,1H3,(H,14,15). The average molecular weight is 207 g/mol. The predicted octanol–water partition coefficient (Wildman–Crippen LogP) is 2.48. The van der Waals surface area contributed by atoms with Crippen LogP contribution in [-0.4, -0.2) is 11.4 Å². The number of hydrogen-bond acceptors (Lipinski definition) is 1. The molecular weight excluding hydrogens is 186 g/mol. The molecule has 1 saturated heterocycles. The molecule has 15 heavy (non-hydrogen) atoms. The number of carbonyl (C=O) groups excluding carboxylic acids is 1. The van der Waals surface area contributed by atoms with E-state index in [2.05, 4.69) is 12.2 Å². The van der Waals surface area contributed by atoms with Gasteiger partial charge in [-0.05, 0) is 37.0 Å². The molecule has 2 nitrogen and oxygen atoms in total. The van der Waals surface area contributed by atoms with Gasteiger partial charge in [-0.3, -0.25) is 4.79 Å². The molecule has 3 aliphatic rings. The van der Waals surface area contributed by atoms with Crippen LogP contribution >= 0.6 is 0 Å². The minimum absolute atomic E-state index is 0.227. The molecule has 2 aliphatic carbocycles. The van der Waals surface area contributed by atoms with Crippen molar-refractivity contribution in [1.82, 2.24) is 5.32 Å². The van der Waals surface area contributed by atoms with Crippen molar-refractivity contribution < 1.29 is 4.79 Å². The molecule has 1 spiro atoms. The lowest BCUT2D eigenvalue weighted by atomic mass is 9.72. The first-order valence-corrected chi connectivity index (χ1v) is 6.52. The van der Waals surface area contributed by atoms with Crippen LogP contribution in [0.15, 0.2) is 0 Å². The van der Waals surface area contributed by atoms with E-state index in [1.165, 1.54) is 38.5 Å². The molecule has 2 heteroatoms. The zero-order valence-corrected chi connectivity index (χ0v) is 9.59. The molecule has 3 atom stereocenters. The van der Waals surface area contributed by atoms with Crippen molar-refractivity contribution in [1.29, 1.82) is 0 Å². The highest BCUT2D eigenvalue weighted by Crippen LogP contribution is 2.54. The number of amides is 1. The van der Waals surface area contributed by atoms with E-state index in [0.29, 0.717) is 11.8 Å². The van der Waals surface area contributed by atoms with Crippen LogP contribution in [0.5, 0.6) is 0 Å². The molecule has 1 N–H and O–H groups in total. The van der Waals surface area contributed by atoms with Crippen molar-refractivity contribution in [2.75, 3.05) is 0 Å². The fourth-order valence-electron chi connectivity index (χ4n) is 3.97. The Morgan fingerprint density at radius 1 is 1.27 bits per heavy atom. The van der Waals surface area contributed by atoms with Crippen LogP contribution in [0.4, 0.5) is 0 Å². The van der Waals surface area contributed by atoms with E-state index < -0.39 is 0 Å². The topological polar surface area (TPSA) is 29.1 Å². The number of carbonyl (C=O) groups is 1. The summed E-state index contributed by atoms with van der Waals surface area (Å²) in [5, 5.41) is 3.32. The van der Waals surface area contributed by atoms with Gasteiger partial charge in [0.25, 0.3) is 0 Å². The van der Waals surface area contributed by atoms with Crippen molar-refractivity contribution >= 4 is 5.91 Å². The zero-order chi connectivity index (χ0) is 10.5. The number of rotatable bonds is 1. The summed E-state index contributed by atoms with van der Waals surface area (Å²) < 4.78 is 0. The molecule has 3 unspecified atom stereocenters. The molecule has 3 fully saturated rings. The summed E-state index contributed by atoms with van der Waals surface area (Å²) in [6.45, 7) is 2.34. The molecule has 1 aliphatic heterocycles. The normalized spacial score (nSPS) is 43.0. The molecule has 2 saturated carbocycles. The van der Waals surface area contributed by atoms with Gasteiger partial charge in [-0.15, -0.1) is 0 Å². The van der Waals surface area contributed by atoms with E-state index >= 15 is 0 Å². The lowest BCUT2D eigenvalue weighted by molar-refractivity contribution is -0.120. The second kappa shape index (κ2) is 3.23. The highest BCUT2D eigenvalue weighted by atomic mass is 16.2. The molecule has 84 valence electrons. The molecule has 0 aromatic carbocycles. The Morgan fingerprint density at radius 3 is 2.53 bits per heavy atom. The lowest BCUT2D eigenvalue weighted by Gasteiger charge is -2.39. The maximum Gasteiger partial charge on any atom is 0.220 e. The Kier molecular flexibility index (Phi) is 2.08. The first-order valence-electron chi connectivity index (χ1n) is 6.52. The third-order valence-corrected chi connectivity index (χ3v) is 4.94. The first-order chi connectivity index (χ1) is 7.21. The summed E-state index contributed by atoms with van der Waals surface area (Å²) in [4.78, 5) is 11.7. The summed E-state index contributed by atoms with van der Waals surface area (Å²) in [7, 11) is 0. The maximum atomic E-state index is 11.7. The molecule has 0 bridgehead atoms. The van der Waals surface area contributed by atoms with Gasteiger partial charge in [-0.1, -0.05) is 26.2 Å². The molecule has 0 aromatic heterocycles. The van der Waals surface area contributed by atoms with Gasteiger partial charge < -0.3 is 5.32 Å². The second-order valence-electron chi connectivity index (χ2n) is 5.95. The van der Waals surface area contributed by atoms with E-state index in [0.717, 1.165) is 18.3 Å². The van der Waals surface area contributed by atoms with Gasteiger partial charge in [-0.25, -0.2) is 0 Å². The largest absolute Gasteiger partial charge is 0.350 e. The number of nitrogens with one attached hydrogen (secondary N) is 1. The van der Waals surface area contributed by atoms with E-state index in [4.69, 9.17) is 0 Å². The van der Waals surface area contributed by atoms with E-state index in [1.807, 2.05) is 0 Å². The fourth-order valence-corrected chi connectivity index (χ4v) is 3.97. The van der Waals surface area contributed by atoms with E-state index in [9.17, 15) is 4.79 Å². The minimum Gasteiger partial charge on any atom is -0.350 e. The third kappa shape index (κ3) is 1.49. The predicted molar refractivity (Wildman–Crippen MR) is 59.3 cm³/mol. The third-order valence-electron chi connectivity index (χ3n) is 4.94. The molecule has 0 radical (unpaired) electrons. The van der Waals surface area contributed by atoms with Crippen LogP contribution in [0.3, 0.4) is 0 Å². The zero-order valence-electron chi connectivity index (χ0n) is 9.59. The summed E-state index contributed by atoms with van der Waals surface area (Å²) >= 11 is 0. The van der Waals surface area contributed by atoms with Crippen LogP contribution < -0.4 is 5.32 Å². The maximum absolute atomic E-state index is 11.7. The van der Waals surface area contributed by atoms with Crippen LogP contribution in [0.2, 0.25) is 0 Å². The van der Waals surface area contributed by atoms with Gasteiger partial charge in [0, 0.05) is 12.0 Å². The fraction of sp³-hybridized carbons (Fsp3) is 0.923. The van der Waals surface area contributed by atoms with Gasteiger partial charge in [0.1, 0.15) is 0 Å². The SMILES string of the molecule is CC1CC1C1CC(=O)NC12CCCCC2. The van der Waals surface area contributed by atoms with Gasteiger partial charge in [0.15, 0.2) is 0 Å². The Labute approximate surface area is 91.8 Å². The van der Waals surface area contributed by atoms with Crippen LogP contribution in [-0.2, 0) is 4.79 Å². The minimum atomic E-state index is 0.227. The Balaban J connectivity index is 1.81. The Morgan fingerprint density at radius 2 is 1.93 bits per heavy atom. The smallest absolute Gasteiger partial charge is 0.220 e. The van der Waals surface area contributed by atoms with Crippen molar-refractivity contribution in [3.63, 3.8) is 0 Å². The Hall–Kier alpha value is -0.530. The summed E-state index contributed by atoms with van der Waals surface area (Å²) in [6.07, 6.45) is 8.66. The summed E-state index contributed by atoms with van der Waals surface area (Å²) in [5.74, 6) is 2.71. The quantitative estimate of drug-likeness (QED) is 0.703. The summed E-state index contributed by atoms with van der Waals surface area (Å²) in [5.41, 5.74) is 0.227. The van der Waals surface area contributed by atoms with Crippen molar-refractivity contribution in [2.45, 2.75) is 57.4 Å². The molecule has 1 amide bonds. The molecule has 1 heterocycles. The Bertz CT molecular complexity index is 280. The van der Waals surface area contributed by atoms with Crippen molar-refractivity contribution in [3.8, 4) is 0 Å². The van der Waals surface area contributed by atoms with E-state index in [1.54, 1.807) is 0 Å². The van der Waals surface area contributed by atoms with Gasteiger partial charge >= 0.3 is 0 Å². The molecule has 3 rings (SSSR count).